The van der Waals surface area contributed by atoms with Gasteiger partial charge in [0.15, 0.2) is 0 Å². The number of aliphatic carboxylic acids is 1. The number of rotatable bonds is 6. The summed E-state index contributed by atoms with van der Waals surface area (Å²) >= 11 is 2.01. The number of carbonyl (C=O) groups is 1. The lowest BCUT2D eigenvalue weighted by Crippen LogP contribution is -2.40. The molecular weight excluding hydrogens is 210 g/mol. The Balaban J connectivity index is 2.22. The fraction of sp³-hybridized carbons (Fsp3) is 0.909. The zero-order valence-corrected chi connectivity index (χ0v) is 10.2. The van der Waals surface area contributed by atoms with Gasteiger partial charge >= 0.3 is 5.97 Å². The van der Waals surface area contributed by atoms with Crippen molar-refractivity contribution < 1.29 is 9.90 Å². The number of thioether (sulfide) groups is 1. The summed E-state index contributed by atoms with van der Waals surface area (Å²) < 4.78 is 0. The van der Waals surface area contributed by atoms with Crippen molar-refractivity contribution in [3.05, 3.63) is 0 Å². The topological polar surface area (TPSA) is 49.3 Å². The lowest BCUT2D eigenvalue weighted by molar-refractivity contribution is -0.139. The summed E-state index contributed by atoms with van der Waals surface area (Å²) in [6.07, 6.45) is 4.12. The van der Waals surface area contributed by atoms with Crippen LogP contribution in [0.2, 0.25) is 0 Å². The molecule has 0 bridgehead atoms. The van der Waals surface area contributed by atoms with E-state index >= 15 is 0 Å². The monoisotopic (exact) mass is 231 g/mol. The van der Waals surface area contributed by atoms with Crippen LogP contribution >= 0.6 is 11.8 Å². The average molecular weight is 231 g/mol. The Morgan fingerprint density at radius 3 is 2.73 bits per heavy atom. The highest BCUT2D eigenvalue weighted by Gasteiger charge is 2.19. The highest BCUT2D eigenvalue weighted by Crippen LogP contribution is 2.22. The fourth-order valence-corrected chi connectivity index (χ4v) is 3.07. The summed E-state index contributed by atoms with van der Waals surface area (Å²) in [4.78, 5) is 10.9. The van der Waals surface area contributed by atoms with Crippen molar-refractivity contribution in [2.24, 2.45) is 5.92 Å². The van der Waals surface area contributed by atoms with Crippen molar-refractivity contribution in [3.63, 3.8) is 0 Å². The van der Waals surface area contributed by atoms with E-state index in [9.17, 15) is 4.79 Å². The predicted octanol–water partition coefficient (Wildman–Crippen LogP) is 1.97. The zero-order valence-electron chi connectivity index (χ0n) is 9.37. The summed E-state index contributed by atoms with van der Waals surface area (Å²) in [5, 5.41) is 12.1. The van der Waals surface area contributed by atoms with Crippen LogP contribution in [0.4, 0.5) is 0 Å². The van der Waals surface area contributed by atoms with Crippen molar-refractivity contribution in [3.8, 4) is 0 Å². The van der Waals surface area contributed by atoms with E-state index in [1.54, 1.807) is 0 Å². The van der Waals surface area contributed by atoms with Crippen LogP contribution in [-0.4, -0.2) is 35.2 Å². The molecule has 1 aliphatic heterocycles. The van der Waals surface area contributed by atoms with Crippen LogP contribution < -0.4 is 5.32 Å². The minimum absolute atomic E-state index is 0.343. The van der Waals surface area contributed by atoms with Crippen LogP contribution in [0.15, 0.2) is 0 Å². The minimum atomic E-state index is -0.706. The largest absolute Gasteiger partial charge is 0.480 e. The van der Waals surface area contributed by atoms with E-state index in [1.165, 1.54) is 24.3 Å². The summed E-state index contributed by atoms with van der Waals surface area (Å²) in [5.74, 6) is 2.45. The van der Waals surface area contributed by atoms with Crippen molar-refractivity contribution in [2.45, 2.75) is 38.6 Å². The van der Waals surface area contributed by atoms with E-state index in [1.807, 2.05) is 18.7 Å². The fourth-order valence-electron chi connectivity index (χ4n) is 1.86. The second kappa shape index (κ2) is 7.12. The smallest absolute Gasteiger partial charge is 0.320 e. The Bertz CT molecular complexity index is 193. The minimum Gasteiger partial charge on any atom is -0.480 e. The first kappa shape index (κ1) is 12.8. The normalized spacial score (nSPS) is 20.1. The first-order valence-corrected chi connectivity index (χ1v) is 6.93. The molecule has 1 atom stereocenters. The Hall–Kier alpha value is -0.220. The molecule has 0 radical (unpaired) electrons. The van der Waals surface area contributed by atoms with Gasteiger partial charge in [-0.1, -0.05) is 13.3 Å². The lowest BCUT2D eigenvalue weighted by atomic mass is 10.0. The van der Waals surface area contributed by atoms with Crippen LogP contribution in [-0.2, 0) is 4.79 Å². The van der Waals surface area contributed by atoms with Gasteiger partial charge in [0.05, 0.1) is 0 Å². The van der Waals surface area contributed by atoms with Gasteiger partial charge in [-0.2, -0.15) is 11.8 Å². The molecule has 1 heterocycles. The number of nitrogens with one attached hydrogen (secondary N) is 1. The van der Waals surface area contributed by atoms with Crippen LogP contribution in [0.5, 0.6) is 0 Å². The molecular formula is C11H21NO2S. The summed E-state index contributed by atoms with van der Waals surface area (Å²) in [6.45, 7) is 2.90. The number of carboxylic acid groups (broad SMARTS) is 1. The van der Waals surface area contributed by atoms with E-state index in [2.05, 4.69) is 5.32 Å². The van der Waals surface area contributed by atoms with Gasteiger partial charge in [0, 0.05) is 0 Å². The summed E-state index contributed by atoms with van der Waals surface area (Å²) in [5.41, 5.74) is 0. The van der Waals surface area contributed by atoms with E-state index in [0.717, 1.165) is 19.4 Å². The molecule has 0 aromatic rings. The average Bonchev–Trinajstić information content (AvgIpc) is 2.25. The van der Waals surface area contributed by atoms with Crippen molar-refractivity contribution in [2.75, 3.05) is 18.1 Å². The van der Waals surface area contributed by atoms with Crippen LogP contribution in [0.1, 0.15) is 32.6 Å². The maximum absolute atomic E-state index is 10.9. The number of hydrogen-bond donors (Lipinski definition) is 2. The maximum Gasteiger partial charge on any atom is 0.320 e. The van der Waals surface area contributed by atoms with Crippen molar-refractivity contribution >= 4 is 17.7 Å². The van der Waals surface area contributed by atoms with E-state index in [-0.39, 0.29) is 6.04 Å². The lowest BCUT2D eigenvalue weighted by Gasteiger charge is -2.23. The first-order valence-electron chi connectivity index (χ1n) is 5.78. The molecule has 1 rings (SSSR count). The molecule has 15 heavy (non-hydrogen) atoms. The Morgan fingerprint density at radius 2 is 2.20 bits per heavy atom. The molecule has 0 aromatic carbocycles. The van der Waals surface area contributed by atoms with Gasteiger partial charge in [-0.3, -0.25) is 4.79 Å². The third-order valence-corrected chi connectivity index (χ3v) is 3.92. The molecule has 1 unspecified atom stereocenters. The Labute approximate surface area is 96.0 Å². The van der Waals surface area contributed by atoms with Gasteiger partial charge in [0.1, 0.15) is 6.04 Å². The summed E-state index contributed by atoms with van der Waals surface area (Å²) in [7, 11) is 0. The summed E-state index contributed by atoms with van der Waals surface area (Å²) in [6, 6.07) is -0.343. The van der Waals surface area contributed by atoms with Crippen LogP contribution in [0.25, 0.3) is 0 Å². The molecule has 1 fully saturated rings. The van der Waals surface area contributed by atoms with E-state index in [0.29, 0.717) is 5.92 Å². The quantitative estimate of drug-likeness (QED) is 0.734. The standard InChI is InChI=1S/C11H21NO2S/c1-2-3-10(11(13)14)12-8-9-4-6-15-7-5-9/h9-10,12H,2-8H2,1H3,(H,13,14). The SMILES string of the molecule is CCCC(NCC1CCSCC1)C(=O)O. The Kier molecular flexibility index (Phi) is 6.10. The molecule has 3 nitrogen and oxygen atoms in total. The number of hydrogen-bond acceptors (Lipinski definition) is 3. The van der Waals surface area contributed by atoms with Gasteiger partial charge in [-0.15, -0.1) is 0 Å². The molecule has 88 valence electrons. The molecule has 0 spiro atoms. The molecule has 0 amide bonds. The number of carboxylic acids is 1. The van der Waals surface area contributed by atoms with E-state index < -0.39 is 5.97 Å². The van der Waals surface area contributed by atoms with E-state index in [4.69, 9.17) is 5.11 Å². The zero-order chi connectivity index (χ0) is 11.1. The molecule has 1 aliphatic rings. The molecule has 1 saturated heterocycles. The second-order valence-electron chi connectivity index (χ2n) is 4.14. The highest BCUT2D eigenvalue weighted by molar-refractivity contribution is 7.99. The van der Waals surface area contributed by atoms with Gasteiger partial charge in [-0.05, 0) is 43.2 Å². The second-order valence-corrected chi connectivity index (χ2v) is 5.37. The molecule has 0 aromatic heterocycles. The predicted molar refractivity (Wildman–Crippen MR) is 64.4 cm³/mol. The van der Waals surface area contributed by atoms with Gasteiger partial charge in [0.25, 0.3) is 0 Å². The highest BCUT2D eigenvalue weighted by atomic mass is 32.2. The van der Waals surface area contributed by atoms with Crippen LogP contribution in [0, 0.1) is 5.92 Å². The third kappa shape index (κ3) is 4.89. The van der Waals surface area contributed by atoms with Crippen molar-refractivity contribution in [1.29, 1.82) is 0 Å². The molecule has 4 heteroatoms. The molecule has 0 aliphatic carbocycles. The first-order chi connectivity index (χ1) is 7.24. The molecule has 0 saturated carbocycles. The van der Waals surface area contributed by atoms with Crippen LogP contribution in [0.3, 0.4) is 0 Å². The Morgan fingerprint density at radius 1 is 1.53 bits per heavy atom. The van der Waals surface area contributed by atoms with Gasteiger partial charge < -0.3 is 10.4 Å². The van der Waals surface area contributed by atoms with Gasteiger partial charge in [0.2, 0.25) is 0 Å². The third-order valence-electron chi connectivity index (χ3n) is 2.87. The maximum atomic E-state index is 10.9. The van der Waals surface area contributed by atoms with Crippen molar-refractivity contribution in [1.82, 2.24) is 5.32 Å². The molecule has 2 N–H and O–H groups in total. The van der Waals surface area contributed by atoms with Gasteiger partial charge in [-0.25, -0.2) is 0 Å².